The van der Waals surface area contributed by atoms with Crippen molar-refractivity contribution in [1.29, 1.82) is 0 Å². The van der Waals surface area contributed by atoms with Crippen molar-refractivity contribution in [2.75, 3.05) is 6.26 Å². The summed E-state index contributed by atoms with van der Waals surface area (Å²) < 4.78 is 70.1. The molecule has 0 aliphatic heterocycles. The first-order valence-corrected chi connectivity index (χ1v) is 8.76. The highest BCUT2D eigenvalue weighted by molar-refractivity contribution is 7.86. The molecule has 4 nitrogen and oxygen atoms in total. The average Bonchev–Trinajstić information content (AvgIpc) is 2.42. The van der Waals surface area contributed by atoms with E-state index in [4.69, 9.17) is 27.9 Å². The van der Waals surface area contributed by atoms with Gasteiger partial charge in [0.15, 0.2) is 5.75 Å². The lowest BCUT2D eigenvalue weighted by Crippen LogP contribution is -2.06. The minimum atomic E-state index is -4.53. The lowest BCUT2D eigenvalue weighted by Gasteiger charge is -2.12. The summed E-state index contributed by atoms with van der Waals surface area (Å²) in [5.41, 5.74) is -0.919. The summed E-state index contributed by atoms with van der Waals surface area (Å²) in [5.74, 6) is -0.142. The van der Waals surface area contributed by atoms with Crippen LogP contribution in [0.15, 0.2) is 36.4 Å². The second kappa shape index (κ2) is 6.70. The lowest BCUT2D eigenvalue weighted by molar-refractivity contribution is -0.137. The minimum Gasteiger partial charge on any atom is -0.456 e. The molecule has 0 radical (unpaired) electrons. The van der Waals surface area contributed by atoms with Gasteiger partial charge in [0.2, 0.25) is 0 Å². The van der Waals surface area contributed by atoms with Crippen LogP contribution in [0.25, 0.3) is 0 Å². The van der Waals surface area contributed by atoms with Gasteiger partial charge in [0.1, 0.15) is 11.5 Å². The normalized spacial score (nSPS) is 12.1. The van der Waals surface area contributed by atoms with E-state index in [9.17, 15) is 21.6 Å². The van der Waals surface area contributed by atoms with E-state index in [2.05, 4.69) is 4.18 Å². The fraction of sp³-hybridized carbons (Fsp3) is 0.143. The predicted octanol–water partition coefficient (Wildman–Crippen LogP) is 5.14. The fourth-order valence-electron chi connectivity index (χ4n) is 1.66. The molecule has 0 heterocycles. The first-order chi connectivity index (χ1) is 11.0. The van der Waals surface area contributed by atoms with E-state index in [1.807, 2.05) is 0 Å². The van der Waals surface area contributed by atoms with Gasteiger partial charge in [0.25, 0.3) is 0 Å². The van der Waals surface area contributed by atoms with Gasteiger partial charge in [-0.15, -0.1) is 0 Å². The molecule has 2 rings (SSSR count). The zero-order chi connectivity index (χ0) is 18.1. The van der Waals surface area contributed by atoms with E-state index < -0.39 is 21.9 Å². The first-order valence-electron chi connectivity index (χ1n) is 6.19. The van der Waals surface area contributed by atoms with Crippen molar-refractivity contribution < 1.29 is 30.5 Å². The zero-order valence-electron chi connectivity index (χ0n) is 11.9. The van der Waals surface area contributed by atoms with Crippen LogP contribution in [-0.4, -0.2) is 14.7 Å². The van der Waals surface area contributed by atoms with Gasteiger partial charge in [-0.25, -0.2) is 0 Å². The van der Waals surface area contributed by atoms with Crippen LogP contribution >= 0.6 is 23.2 Å². The minimum absolute atomic E-state index is 0.0197. The molecule has 10 heteroatoms. The standard InChI is InChI=1S/C14H9Cl2F3O4S/c1-24(20,21)23-13-7-9(3-4-10(13)15)22-12-5-2-8(6-11(12)16)14(17,18)19/h2-7H,1H3. The lowest BCUT2D eigenvalue weighted by atomic mass is 10.2. The Kier molecular flexibility index (Phi) is 5.22. The van der Waals surface area contributed by atoms with E-state index in [0.717, 1.165) is 24.5 Å². The Labute approximate surface area is 145 Å². The number of hydrogen-bond acceptors (Lipinski definition) is 4. The Bertz CT molecular complexity index is 867. The van der Waals surface area contributed by atoms with E-state index in [1.54, 1.807) is 0 Å². The number of alkyl halides is 3. The molecule has 0 amide bonds. The van der Waals surface area contributed by atoms with Gasteiger partial charge in [-0.3, -0.25) is 0 Å². The van der Waals surface area contributed by atoms with Gasteiger partial charge >= 0.3 is 16.3 Å². The molecule has 0 saturated heterocycles. The molecule has 0 unspecified atom stereocenters. The van der Waals surface area contributed by atoms with Crippen molar-refractivity contribution in [3.05, 3.63) is 52.0 Å². The van der Waals surface area contributed by atoms with Crippen molar-refractivity contribution in [3.63, 3.8) is 0 Å². The van der Waals surface area contributed by atoms with E-state index in [0.29, 0.717) is 0 Å². The summed E-state index contributed by atoms with van der Waals surface area (Å²) in [6, 6.07) is 6.46. The van der Waals surface area contributed by atoms with Crippen LogP contribution in [0.2, 0.25) is 10.0 Å². The van der Waals surface area contributed by atoms with Gasteiger partial charge in [0, 0.05) is 6.07 Å². The summed E-state index contributed by atoms with van der Waals surface area (Å²) in [6.07, 6.45) is -3.69. The molecule has 0 aromatic heterocycles. The smallest absolute Gasteiger partial charge is 0.416 e. The monoisotopic (exact) mass is 400 g/mol. The molecule has 0 saturated carbocycles. The van der Waals surface area contributed by atoms with Crippen molar-refractivity contribution in [3.8, 4) is 17.2 Å². The highest BCUT2D eigenvalue weighted by Gasteiger charge is 2.31. The third-order valence-corrected chi connectivity index (χ3v) is 3.72. The van der Waals surface area contributed by atoms with Crippen LogP contribution in [-0.2, 0) is 16.3 Å². The summed E-state index contributed by atoms with van der Waals surface area (Å²) in [5, 5.41) is -0.239. The molecular weight excluding hydrogens is 392 g/mol. The fourth-order valence-corrected chi connectivity index (χ4v) is 2.55. The second-order valence-electron chi connectivity index (χ2n) is 4.62. The summed E-state index contributed by atoms with van der Waals surface area (Å²) in [6.45, 7) is 0. The summed E-state index contributed by atoms with van der Waals surface area (Å²) >= 11 is 11.6. The maximum atomic E-state index is 12.6. The molecule has 2 aromatic rings. The SMILES string of the molecule is CS(=O)(=O)Oc1cc(Oc2ccc(C(F)(F)F)cc2Cl)ccc1Cl. The second-order valence-corrected chi connectivity index (χ2v) is 7.01. The van der Waals surface area contributed by atoms with Crippen molar-refractivity contribution in [2.45, 2.75) is 6.18 Å². The quantitative estimate of drug-likeness (QED) is 0.666. The van der Waals surface area contributed by atoms with Crippen LogP contribution in [0.1, 0.15) is 5.56 Å². The van der Waals surface area contributed by atoms with Crippen LogP contribution in [0.5, 0.6) is 17.2 Å². The van der Waals surface area contributed by atoms with Crippen molar-refractivity contribution in [1.82, 2.24) is 0 Å². The highest BCUT2D eigenvalue weighted by Crippen LogP contribution is 2.38. The Morgan fingerprint density at radius 3 is 2.17 bits per heavy atom. The molecule has 130 valence electrons. The molecule has 0 atom stereocenters. The first kappa shape index (κ1) is 18.7. The molecule has 24 heavy (non-hydrogen) atoms. The summed E-state index contributed by atoms with van der Waals surface area (Å²) in [4.78, 5) is 0. The van der Waals surface area contributed by atoms with Crippen LogP contribution in [0.4, 0.5) is 13.2 Å². The van der Waals surface area contributed by atoms with Gasteiger partial charge in [-0.05, 0) is 30.3 Å². The molecule has 0 N–H and O–H groups in total. The van der Waals surface area contributed by atoms with E-state index >= 15 is 0 Å². The highest BCUT2D eigenvalue weighted by atomic mass is 35.5. The van der Waals surface area contributed by atoms with Gasteiger partial charge < -0.3 is 8.92 Å². The van der Waals surface area contributed by atoms with E-state index in [1.165, 1.54) is 18.2 Å². The number of rotatable bonds is 4. The van der Waals surface area contributed by atoms with Crippen LogP contribution < -0.4 is 8.92 Å². The van der Waals surface area contributed by atoms with Crippen molar-refractivity contribution in [2.24, 2.45) is 0 Å². The van der Waals surface area contributed by atoms with Gasteiger partial charge in [0.05, 0.1) is 21.9 Å². The maximum absolute atomic E-state index is 12.6. The van der Waals surface area contributed by atoms with Crippen LogP contribution in [0.3, 0.4) is 0 Å². The van der Waals surface area contributed by atoms with Crippen molar-refractivity contribution >= 4 is 33.3 Å². The number of ether oxygens (including phenoxy) is 1. The predicted molar refractivity (Wildman–Crippen MR) is 83.5 cm³/mol. The Morgan fingerprint density at radius 1 is 0.958 bits per heavy atom. The zero-order valence-corrected chi connectivity index (χ0v) is 14.2. The van der Waals surface area contributed by atoms with Gasteiger partial charge in [-0.2, -0.15) is 21.6 Å². The Morgan fingerprint density at radius 2 is 1.62 bits per heavy atom. The molecule has 0 fully saturated rings. The molecule has 2 aromatic carbocycles. The number of benzene rings is 2. The Hall–Kier alpha value is -1.64. The molecular formula is C14H9Cl2F3O4S. The number of halogens is 5. The van der Waals surface area contributed by atoms with Gasteiger partial charge in [-0.1, -0.05) is 23.2 Å². The third-order valence-electron chi connectivity index (χ3n) is 2.63. The molecule has 0 aliphatic carbocycles. The maximum Gasteiger partial charge on any atom is 0.416 e. The van der Waals surface area contributed by atoms with E-state index in [-0.39, 0.29) is 27.3 Å². The largest absolute Gasteiger partial charge is 0.456 e. The number of hydrogen-bond donors (Lipinski definition) is 0. The Balaban J connectivity index is 2.30. The topological polar surface area (TPSA) is 52.6 Å². The molecule has 0 aliphatic rings. The van der Waals surface area contributed by atoms with Crippen LogP contribution in [0, 0.1) is 0 Å². The summed E-state index contributed by atoms with van der Waals surface area (Å²) in [7, 11) is -3.81. The molecule has 0 bridgehead atoms. The molecule has 0 spiro atoms. The average molecular weight is 401 g/mol. The third kappa shape index (κ3) is 4.93.